The van der Waals surface area contributed by atoms with Crippen molar-refractivity contribution in [2.75, 3.05) is 11.1 Å². The molecule has 6 rings (SSSR count). The van der Waals surface area contributed by atoms with Gasteiger partial charge in [0.05, 0.1) is 23.7 Å². The topological polar surface area (TPSA) is 143 Å². The van der Waals surface area contributed by atoms with Crippen molar-refractivity contribution in [3.05, 3.63) is 161 Å². The third kappa shape index (κ3) is 10.9. The van der Waals surface area contributed by atoms with Crippen molar-refractivity contribution in [1.29, 1.82) is 0 Å². The van der Waals surface area contributed by atoms with Crippen molar-refractivity contribution in [3.63, 3.8) is 0 Å². The normalized spacial score (nSPS) is 18.9. The molecule has 0 bridgehead atoms. The van der Waals surface area contributed by atoms with Crippen molar-refractivity contribution in [1.82, 2.24) is 10.0 Å². The molecular weight excluding hydrogens is 747 g/mol. The summed E-state index contributed by atoms with van der Waals surface area (Å²) in [5.74, 6) is 0.0951. The van der Waals surface area contributed by atoms with E-state index >= 15 is 0 Å². The Kier molecular flexibility index (Phi) is 13.8. The summed E-state index contributed by atoms with van der Waals surface area (Å²) in [5.41, 5.74) is 5.92. The molecular formula is C44H47N3O7S2. The number of anilines is 1. The largest absolute Gasteiger partial charge is 0.392 e. The van der Waals surface area contributed by atoms with Gasteiger partial charge in [0.15, 0.2) is 6.29 Å². The van der Waals surface area contributed by atoms with Crippen molar-refractivity contribution in [3.8, 4) is 0 Å². The van der Waals surface area contributed by atoms with Crippen molar-refractivity contribution in [2.24, 2.45) is 5.92 Å². The van der Waals surface area contributed by atoms with Crippen LogP contribution in [-0.4, -0.2) is 43.2 Å². The van der Waals surface area contributed by atoms with Crippen LogP contribution in [0.5, 0.6) is 0 Å². The molecule has 1 fully saturated rings. The van der Waals surface area contributed by atoms with Gasteiger partial charge in [-0.25, -0.2) is 8.42 Å². The van der Waals surface area contributed by atoms with Crippen LogP contribution in [0, 0.1) is 12.8 Å². The molecule has 1 heterocycles. The monoisotopic (exact) mass is 793 g/mol. The first-order valence-electron chi connectivity index (χ1n) is 18.5. The third-order valence-electron chi connectivity index (χ3n) is 9.66. The fraction of sp³-hybridized carbons (Fsp3) is 0.273. The van der Waals surface area contributed by atoms with Gasteiger partial charge in [0, 0.05) is 41.3 Å². The number of aliphatic hydroxyl groups is 1. The highest BCUT2D eigenvalue weighted by atomic mass is 32.2. The molecule has 0 spiro atoms. The Bertz CT molecular complexity index is 2170. The summed E-state index contributed by atoms with van der Waals surface area (Å²) in [5, 5.41) is 15.3. The van der Waals surface area contributed by atoms with E-state index in [0.717, 1.165) is 44.0 Å². The Labute approximate surface area is 333 Å². The number of aryl methyl sites for hydroxylation is 1. The van der Waals surface area contributed by atoms with Gasteiger partial charge in [0.1, 0.15) is 6.04 Å². The fourth-order valence-corrected chi connectivity index (χ4v) is 8.70. The zero-order valence-corrected chi connectivity index (χ0v) is 33.2. The van der Waals surface area contributed by atoms with Crippen molar-refractivity contribution in [2.45, 2.75) is 74.7 Å². The third-order valence-corrected chi connectivity index (χ3v) is 12.2. The Morgan fingerprint density at radius 3 is 2.07 bits per heavy atom. The highest BCUT2D eigenvalue weighted by Crippen LogP contribution is 2.43. The van der Waals surface area contributed by atoms with Crippen LogP contribution in [0.4, 0.5) is 5.69 Å². The van der Waals surface area contributed by atoms with Gasteiger partial charge in [0.2, 0.25) is 21.8 Å². The maximum Gasteiger partial charge on any atom is 0.241 e. The molecule has 0 unspecified atom stereocenters. The molecule has 5 atom stereocenters. The molecule has 292 valence electrons. The summed E-state index contributed by atoms with van der Waals surface area (Å²) in [6, 6.07) is 37.9. The smallest absolute Gasteiger partial charge is 0.241 e. The minimum absolute atomic E-state index is 0.000807. The average molecular weight is 794 g/mol. The molecule has 4 N–H and O–H groups in total. The standard InChI is InChI=1S/C44H47N3O7S2/c1-29-9-23-39(24-10-29)56(51,52)47-40(25-32-7-5-4-6-8-32)43(50)45-26-33-11-17-36(18-12-33)44-53-41(28-55-38-21-19-37(20-22-38)46-31(3)49)30(2)42(54-44)35-15-13-34(27-48)14-16-35/h4-24,30,40-42,44,47-48H,25-28H2,1-3H3,(H,45,50)(H,46,49)/t30-,40-,41+,42+,44+/m1/s1. The summed E-state index contributed by atoms with van der Waals surface area (Å²) in [6.07, 6.45) is -0.951. The highest BCUT2D eigenvalue weighted by Gasteiger charge is 2.38. The van der Waals surface area contributed by atoms with Crippen LogP contribution in [0.2, 0.25) is 0 Å². The lowest BCUT2D eigenvalue weighted by Gasteiger charge is -2.41. The van der Waals surface area contributed by atoms with Crippen molar-refractivity contribution >= 4 is 39.3 Å². The van der Waals surface area contributed by atoms with Crippen LogP contribution >= 0.6 is 11.8 Å². The SMILES string of the molecule is CC(=O)Nc1ccc(SC[C@@H]2O[C@H](c3ccc(CNC(=O)[C@@H](Cc4ccccc4)NS(=O)(=O)c4ccc(C)cc4)cc3)O[C@H](c3ccc(CO)cc3)[C@@H]2C)cc1. The summed E-state index contributed by atoms with van der Waals surface area (Å²) >= 11 is 1.67. The number of benzene rings is 5. The van der Waals surface area contributed by atoms with Gasteiger partial charge in [-0.1, -0.05) is 103 Å². The predicted molar refractivity (Wildman–Crippen MR) is 218 cm³/mol. The fourth-order valence-electron chi connectivity index (χ4n) is 6.44. The lowest BCUT2D eigenvalue weighted by atomic mass is 9.91. The number of hydrogen-bond acceptors (Lipinski definition) is 8. The molecule has 5 aromatic rings. The van der Waals surface area contributed by atoms with Crippen LogP contribution in [-0.2, 0) is 48.7 Å². The van der Waals surface area contributed by atoms with Gasteiger partial charge in [-0.15, -0.1) is 11.8 Å². The number of thioether (sulfide) groups is 1. The quantitative estimate of drug-likeness (QED) is 0.0814. The molecule has 0 radical (unpaired) electrons. The van der Waals surface area contributed by atoms with Crippen LogP contribution in [0.15, 0.2) is 137 Å². The first kappa shape index (κ1) is 40.8. The number of carbonyl (C=O) groups excluding carboxylic acids is 2. The van der Waals surface area contributed by atoms with E-state index < -0.39 is 28.3 Å². The lowest BCUT2D eigenvalue weighted by Crippen LogP contribution is -2.47. The molecule has 10 nitrogen and oxygen atoms in total. The van der Waals surface area contributed by atoms with E-state index in [1.165, 1.54) is 19.1 Å². The molecule has 0 saturated carbocycles. The highest BCUT2D eigenvalue weighted by molar-refractivity contribution is 7.99. The van der Waals surface area contributed by atoms with Gasteiger partial charge in [-0.3, -0.25) is 9.59 Å². The van der Waals surface area contributed by atoms with E-state index in [1.807, 2.05) is 110 Å². The molecule has 2 amide bonds. The second-order valence-electron chi connectivity index (χ2n) is 14.0. The number of rotatable bonds is 15. The predicted octanol–water partition coefficient (Wildman–Crippen LogP) is 7.24. The molecule has 56 heavy (non-hydrogen) atoms. The molecule has 1 aliphatic heterocycles. The Morgan fingerprint density at radius 2 is 1.43 bits per heavy atom. The summed E-state index contributed by atoms with van der Waals surface area (Å²) in [4.78, 5) is 26.2. The van der Waals surface area contributed by atoms with E-state index in [1.54, 1.807) is 23.9 Å². The minimum atomic E-state index is -3.97. The van der Waals surface area contributed by atoms with Gasteiger partial charge in [-0.05, 0) is 72.0 Å². The summed E-state index contributed by atoms with van der Waals surface area (Å²) < 4.78 is 42.5. The molecule has 1 saturated heterocycles. The Morgan fingerprint density at radius 1 is 0.786 bits per heavy atom. The zero-order valence-electron chi connectivity index (χ0n) is 31.6. The molecule has 12 heteroatoms. The maximum atomic E-state index is 13.6. The number of aliphatic hydroxyl groups excluding tert-OH is 1. The second kappa shape index (κ2) is 18.9. The van der Waals surface area contributed by atoms with Crippen molar-refractivity contribution < 1.29 is 32.6 Å². The van der Waals surface area contributed by atoms with Crippen LogP contribution in [0.3, 0.4) is 0 Å². The maximum absolute atomic E-state index is 13.6. The van der Waals surface area contributed by atoms with Crippen LogP contribution < -0.4 is 15.4 Å². The second-order valence-corrected chi connectivity index (χ2v) is 16.8. The first-order valence-corrected chi connectivity index (χ1v) is 20.9. The van der Waals surface area contributed by atoms with Crippen LogP contribution in [0.1, 0.15) is 59.6 Å². The number of amides is 2. The van der Waals surface area contributed by atoms with Gasteiger partial charge >= 0.3 is 0 Å². The number of carbonyl (C=O) groups is 2. The summed E-state index contributed by atoms with van der Waals surface area (Å²) in [7, 11) is -3.97. The summed E-state index contributed by atoms with van der Waals surface area (Å²) in [6.45, 7) is 5.61. The Balaban J connectivity index is 1.14. The van der Waals surface area contributed by atoms with Gasteiger partial charge in [-0.2, -0.15) is 4.72 Å². The number of sulfonamides is 1. The zero-order chi connectivity index (χ0) is 39.7. The molecule has 1 aliphatic rings. The molecule has 5 aromatic carbocycles. The van der Waals surface area contributed by atoms with Gasteiger partial charge < -0.3 is 25.2 Å². The minimum Gasteiger partial charge on any atom is -0.392 e. The van der Waals surface area contributed by atoms with Gasteiger partial charge in [0.25, 0.3) is 0 Å². The number of ether oxygens (including phenoxy) is 2. The number of hydrogen-bond donors (Lipinski definition) is 4. The lowest BCUT2D eigenvalue weighted by molar-refractivity contribution is -0.268. The average Bonchev–Trinajstić information content (AvgIpc) is 3.20. The van der Waals surface area contributed by atoms with E-state index in [9.17, 15) is 23.1 Å². The number of nitrogens with one attached hydrogen (secondary N) is 3. The van der Waals surface area contributed by atoms with Crippen LogP contribution in [0.25, 0.3) is 0 Å². The van der Waals surface area contributed by atoms with E-state index in [-0.39, 0.29) is 48.5 Å². The van der Waals surface area contributed by atoms with E-state index in [0.29, 0.717) is 5.75 Å². The van der Waals surface area contributed by atoms with E-state index in [4.69, 9.17) is 9.47 Å². The molecule has 0 aromatic heterocycles. The Hall–Kier alpha value is -4.82. The van der Waals surface area contributed by atoms with E-state index in [2.05, 4.69) is 22.3 Å². The molecule has 0 aliphatic carbocycles. The first-order chi connectivity index (χ1) is 27.0.